The Kier molecular flexibility index (Phi) is 14.1. The first kappa shape index (κ1) is 40.0. The van der Waals surface area contributed by atoms with Gasteiger partial charge < -0.3 is 43.2 Å². The Balaban J connectivity index is 1.53. The Labute approximate surface area is 295 Å². The Morgan fingerprint density at radius 1 is 1.04 bits per heavy atom. The summed E-state index contributed by atoms with van der Waals surface area (Å²) < 4.78 is 80.4. The second-order valence-corrected chi connectivity index (χ2v) is 16.7. The normalized spacial score (nSPS) is 21.9. The fraction of sp³-hybridized carbons (Fsp3) is 0.618. The maximum atomic E-state index is 13.8. The lowest BCUT2D eigenvalue weighted by Gasteiger charge is -2.31. The molecule has 2 saturated heterocycles. The van der Waals surface area contributed by atoms with Crippen LogP contribution in [0.25, 0.3) is 0 Å². The molecule has 1 amide bonds. The zero-order valence-corrected chi connectivity index (χ0v) is 31.3. The quantitative estimate of drug-likeness (QED) is 0.189. The smallest absolute Gasteiger partial charge is 0.407 e. The summed E-state index contributed by atoms with van der Waals surface area (Å²) in [5.74, 6) is -0.103. The van der Waals surface area contributed by atoms with Gasteiger partial charge in [-0.3, -0.25) is 4.57 Å². The minimum absolute atomic E-state index is 0.0481. The average molecular weight is 743 g/mol. The number of ether oxygens (including phenoxy) is 5. The number of alkyl carbamates (subject to hydrolysis) is 1. The minimum Gasteiger partial charge on any atom is -0.497 e. The van der Waals surface area contributed by atoms with E-state index in [0.717, 1.165) is 0 Å². The zero-order chi connectivity index (χ0) is 36.5. The zero-order valence-electron chi connectivity index (χ0n) is 29.6. The highest BCUT2D eigenvalue weighted by atomic mass is 32.2. The second-order valence-electron chi connectivity index (χ2n) is 12.8. The third kappa shape index (κ3) is 10.4. The summed E-state index contributed by atoms with van der Waals surface area (Å²) in [7, 11) is -5.97. The van der Waals surface area contributed by atoms with Crippen LogP contribution in [0.3, 0.4) is 0 Å². The van der Waals surface area contributed by atoms with Gasteiger partial charge in [-0.2, -0.15) is 4.31 Å². The van der Waals surface area contributed by atoms with Gasteiger partial charge in [0.15, 0.2) is 12.1 Å². The van der Waals surface area contributed by atoms with Crippen LogP contribution in [-0.2, 0) is 44.3 Å². The molecule has 2 aromatic rings. The van der Waals surface area contributed by atoms with Crippen molar-refractivity contribution in [3.05, 3.63) is 54.1 Å². The van der Waals surface area contributed by atoms with E-state index in [0.29, 0.717) is 30.1 Å². The molecular weight excluding hydrogens is 691 g/mol. The molecule has 2 N–H and O–H groups in total. The molecule has 0 aromatic heterocycles. The lowest BCUT2D eigenvalue weighted by atomic mass is 9.96. The van der Waals surface area contributed by atoms with Crippen LogP contribution in [0.4, 0.5) is 4.79 Å². The first-order chi connectivity index (χ1) is 23.7. The average Bonchev–Trinajstić information content (AvgIpc) is 3.60. The second kappa shape index (κ2) is 17.6. The van der Waals surface area contributed by atoms with Gasteiger partial charge in [0.2, 0.25) is 10.0 Å². The summed E-state index contributed by atoms with van der Waals surface area (Å²) >= 11 is 0. The van der Waals surface area contributed by atoms with E-state index < -0.39 is 47.7 Å². The Morgan fingerprint density at radius 3 is 2.28 bits per heavy atom. The van der Waals surface area contributed by atoms with Crippen LogP contribution in [0.5, 0.6) is 11.5 Å². The number of nitrogens with zero attached hydrogens (tertiary/aromatic N) is 1. The summed E-state index contributed by atoms with van der Waals surface area (Å²) in [5, 5.41) is 14.4. The third-order valence-electron chi connectivity index (χ3n) is 8.58. The summed E-state index contributed by atoms with van der Waals surface area (Å²) in [6, 6.07) is 11.9. The van der Waals surface area contributed by atoms with E-state index in [2.05, 4.69) is 5.32 Å². The van der Waals surface area contributed by atoms with Crippen LogP contribution in [0, 0.1) is 11.8 Å². The van der Waals surface area contributed by atoms with Crippen LogP contribution in [0.15, 0.2) is 53.4 Å². The Bertz CT molecular complexity index is 1530. The highest BCUT2D eigenvalue weighted by Gasteiger charge is 2.53. The molecule has 0 bridgehead atoms. The molecule has 0 saturated carbocycles. The van der Waals surface area contributed by atoms with Crippen LogP contribution >= 0.6 is 7.60 Å². The molecule has 1 unspecified atom stereocenters. The van der Waals surface area contributed by atoms with Crippen molar-refractivity contribution in [3.8, 4) is 11.5 Å². The largest absolute Gasteiger partial charge is 0.497 e. The van der Waals surface area contributed by atoms with E-state index in [9.17, 15) is 22.9 Å². The lowest BCUT2D eigenvalue weighted by Crippen LogP contribution is -2.51. The number of fused-ring (bicyclic) bond motifs is 1. The summed E-state index contributed by atoms with van der Waals surface area (Å²) in [6.45, 7) is 9.92. The SMILES string of the molecule is CCOP(=O)(COc1ccc(CC(NC(=O)O[C@H]2CO[C@@]3(C)OCC[C@@H]23)[C@H](O)CN(CC(C)C)S(=O)(=O)c2ccc(OC)cc2)cc1)OCC. The molecule has 0 spiro atoms. The topological polar surface area (TPSA) is 168 Å². The molecule has 50 heavy (non-hydrogen) atoms. The standard InChI is InChI=1S/C34H51N2O12PS/c1-7-46-49(39,47-8-2)23-43-27-11-9-25(10-12-27)19-30(35-33(38)48-32-22-45-34(5)29(32)17-18-44-34)31(37)21-36(20-24(3)4)50(40,41)28-15-13-26(42-6)14-16-28/h9-16,24,29-32,37H,7-8,17-23H2,1-6H3,(H,35,38)/t29-,30?,31+,32-,34+/m0/s1. The van der Waals surface area contributed by atoms with Crippen molar-refractivity contribution in [1.29, 1.82) is 0 Å². The third-order valence-corrected chi connectivity index (χ3v) is 12.2. The fourth-order valence-electron chi connectivity index (χ4n) is 6.06. The molecule has 0 aliphatic carbocycles. The van der Waals surface area contributed by atoms with E-state index in [1.165, 1.54) is 23.5 Å². The van der Waals surface area contributed by atoms with Gasteiger partial charge in [0.25, 0.3) is 0 Å². The molecule has 280 valence electrons. The molecule has 4 rings (SSSR count). The number of aliphatic hydroxyl groups is 1. The highest BCUT2D eigenvalue weighted by Crippen LogP contribution is 2.48. The van der Waals surface area contributed by atoms with Crippen LogP contribution < -0.4 is 14.8 Å². The van der Waals surface area contributed by atoms with Crippen molar-refractivity contribution >= 4 is 23.7 Å². The van der Waals surface area contributed by atoms with Gasteiger partial charge in [-0.25, -0.2) is 13.2 Å². The molecule has 2 fully saturated rings. The van der Waals surface area contributed by atoms with Crippen LogP contribution in [0.1, 0.15) is 46.6 Å². The van der Waals surface area contributed by atoms with Crippen molar-refractivity contribution in [2.24, 2.45) is 11.8 Å². The van der Waals surface area contributed by atoms with Gasteiger partial charge in [-0.05, 0) is 81.5 Å². The molecule has 2 aliphatic rings. The Morgan fingerprint density at radius 2 is 1.68 bits per heavy atom. The van der Waals surface area contributed by atoms with Gasteiger partial charge >= 0.3 is 13.7 Å². The van der Waals surface area contributed by atoms with Crippen molar-refractivity contribution in [2.75, 3.05) is 53.0 Å². The number of carbonyl (C=O) groups excluding carboxylic acids is 1. The predicted octanol–water partition coefficient (Wildman–Crippen LogP) is 4.79. The number of aliphatic hydroxyl groups excluding tert-OH is 1. The molecule has 0 radical (unpaired) electrons. The molecule has 2 aromatic carbocycles. The number of rotatable bonds is 19. The number of methoxy groups -OCH3 is 1. The molecule has 5 atom stereocenters. The number of hydrogen-bond donors (Lipinski definition) is 2. The number of amides is 1. The van der Waals surface area contributed by atoms with Gasteiger partial charge in [0.05, 0.1) is 56.5 Å². The number of carbonyl (C=O) groups is 1. The van der Waals surface area contributed by atoms with Gasteiger partial charge in [-0.1, -0.05) is 26.0 Å². The number of hydrogen-bond acceptors (Lipinski definition) is 12. The van der Waals surface area contributed by atoms with E-state index >= 15 is 0 Å². The maximum absolute atomic E-state index is 13.8. The fourth-order valence-corrected chi connectivity index (χ4v) is 9.00. The summed E-state index contributed by atoms with van der Waals surface area (Å²) in [6.07, 6.45) is -2.13. The lowest BCUT2D eigenvalue weighted by molar-refractivity contribution is -0.181. The van der Waals surface area contributed by atoms with E-state index in [1.54, 1.807) is 50.2 Å². The molecule has 2 heterocycles. The first-order valence-electron chi connectivity index (χ1n) is 16.9. The number of nitrogens with one attached hydrogen (secondary N) is 1. The summed E-state index contributed by atoms with van der Waals surface area (Å²) in [5.41, 5.74) is 0.703. The van der Waals surface area contributed by atoms with Crippen molar-refractivity contribution in [2.45, 2.75) is 76.4 Å². The van der Waals surface area contributed by atoms with Crippen molar-refractivity contribution in [1.82, 2.24) is 9.62 Å². The van der Waals surface area contributed by atoms with Crippen LogP contribution in [-0.4, -0.2) is 101 Å². The van der Waals surface area contributed by atoms with E-state index in [-0.39, 0.29) is 62.4 Å². The van der Waals surface area contributed by atoms with E-state index in [1.807, 2.05) is 20.8 Å². The number of benzene rings is 2. The predicted molar refractivity (Wildman–Crippen MR) is 185 cm³/mol. The maximum Gasteiger partial charge on any atom is 0.407 e. The van der Waals surface area contributed by atoms with Crippen molar-refractivity contribution < 1.29 is 55.6 Å². The van der Waals surface area contributed by atoms with Gasteiger partial charge in [0, 0.05) is 13.1 Å². The number of sulfonamides is 1. The highest BCUT2D eigenvalue weighted by molar-refractivity contribution is 7.89. The first-order valence-corrected chi connectivity index (χ1v) is 20.1. The summed E-state index contributed by atoms with van der Waals surface area (Å²) in [4.78, 5) is 13.4. The molecule has 14 nitrogen and oxygen atoms in total. The molecule has 16 heteroatoms. The molecule has 2 aliphatic heterocycles. The minimum atomic E-state index is -4.04. The van der Waals surface area contributed by atoms with Gasteiger partial charge in [-0.15, -0.1) is 0 Å². The Hall–Kier alpha value is -2.75. The molecular formula is C34H51N2O12PS. The van der Waals surface area contributed by atoms with Gasteiger partial charge in [0.1, 0.15) is 17.6 Å². The van der Waals surface area contributed by atoms with E-state index in [4.69, 9.17) is 32.7 Å². The van der Waals surface area contributed by atoms with Crippen LogP contribution in [0.2, 0.25) is 0 Å². The van der Waals surface area contributed by atoms with Crippen molar-refractivity contribution in [3.63, 3.8) is 0 Å². The monoisotopic (exact) mass is 742 g/mol.